The summed E-state index contributed by atoms with van der Waals surface area (Å²) in [4.78, 5) is 16.8. The lowest BCUT2D eigenvalue weighted by Crippen LogP contribution is -2.12. The van der Waals surface area contributed by atoms with E-state index >= 15 is 0 Å². The Kier molecular flexibility index (Phi) is 5.27. The molecule has 0 fully saturated rings. The summed E-state index contributed by atoms with van der Waals surface area (Å²) >= 11 is 6.07. The summed E-state index contributed by atoms with van der Waals surface area (Å²) in [5, 5.41) is 7.26. The molecule has 144 valence electrons. The van der Waals surface area contributed by atoms with Gasteiger partial charge in [-0.15, -0.1) is 0 Å². The van der Waals surface area contributed by atoms with E-state index in [-0.39, 0.29) is 5.91 Å². The number of anilines is 1. The second-order valence-corrected chi connectivity index (χ2v) is 6.54. The van der Waals surface area contributed by atoms with E-state index in [4.69, 9.17) is 20.9 Å². The highest BCUT2D eigenvalue weighted by molar-refractivity contribution is 6.34. The van der Waals surface area contributed by atoms with Gasteiger partial charge in [0.1, 0.15) is 5.75 Å². The molecule has 0 aliphatic rings. The molecule has 1 N–H and O–H groups in total. The van der Waals surface area contributed by atoms with E-state index in [1.54, 1.807) is 55.6 Å². The molecule has 4 aromatic rings. The number of aromatic nitrogens is 2. The molecule has 0 aliphatic carbocycles. The van der Waals surface area contributed by atoms with E-state index in [1.807, 2.05) is 24.3 Å². The van der Waals surface area contributed by atoms with Crippen LogP contribution in [0.25, 0.3) is 22.8 Å². The third-order valence-corrected chi connectivity index (χ3v) is 4.61. The normalized spacial score (nSPS) is 10.6. The number of methoxy groups -OCH3 is 1. The van der Waals surface area contributed by atoms with Gasteiger partial charge in [0, 0.05) is 11.3 Å². The van der Waals surface area contributed by atoms with Gasteiger partial charge in [-0.2, -0.15) is 4.98 Å². The first kappa shape index (κ1) is 18.7. The Balaban J connectivity index is 1.52. The summed E-state index contributed by atoms with van der Waals surface area (Å²) in [5.74, 6) is 1.19. The van der Waals surface area contributed by atoms with Crippen LogP contribution in [0.1, 0.15) is 10.4 Å². The fourth-order valence-corrected chi connectivity index (χ4v) is 3.04. The minimum absolute atomic E-state index is 0.278. The van der Waals surface area contributed by atoms with Crippen molar-refractivity contribution in [3.05, 3.63) is 83.4 Å². The predicted octanol–water partition coefficient (Wildman–Crippen LogP) is 5.32. The third kappa shape index (κ3) is 3.97. The molecule has 6 nitrogen and oxygen atoms in total. The van der Waals surface area contributed by atoms with Crippen LogP contribution in [0.3, 0.4) is 0 Å². The fourth-order valence-electron chi connectivity index (χ4n) is 2.82. The maximum absolute atomic E-state index is 12.4. The number of halogens is 1. The highest BCUT2D eigenvalue weighted by Gasteiger charge is 2.14. The molecule has 0 saturated carbocycles. The van der Waals surface area contributed by atoms with Gasteiger partial charge in [-0.25, -0.2) is 0 Å². The van der Waals surface area contributed by atoms with E-state index in [9.17, 15) is 4.79 Å². The molecule has 29 heavy (non-hydrogen) atoms. The number of nitrogens with one attached hydrogen (secondary N) is 1. The number of rotatable bonds is 5. The average molecular weight is 406 g/mol. The quantitative estimate of drug-likeness (QED) is 0.486. The van der Waals surface area contributed by atoms with Crippen molar-refractivity contribution in [2.75, 3.05) is 12.4 Å². The Labute approximate surface area is 172 Å². The van der Waals surface area contributed by atoms with Gasteiger partial charge in [-0.1, -0.05) is 41.0 Å². The molecule has 0 spiro atoms. The molecule has 1 heterocycles. The molecule has 1 aromatic heterocycles. The Hall–Kier alpha value is -3.64. The molecule has 7 heteroatoms. The lowest BCUT2D eigenvalue weighted by Gasteiger charge is -2.07. The summed E-state index contributed by atoms with van der Waals surface area (Å²) in [6.07, 6.45) is 0. The molecule has 0 bridgehead atoms. The van der Waals surface area contributed by atoms with Gasteiger partial charge < -0.3 is 14.6 Å². The molecule has 0 saturated heterocycles. The van der Waals surface area contributed by atoms with Crippen molar-refractivity contribution in [1.29, 1.82) is 0 Å². The summed E-state index contributed by atoms with van der Waals surface area (Å²) < 4.78 is 10.7. The fraction of sp³-hybridized carbons (Fsp3) is 0.0455. The van der Waals surface area contributed by atoms with Crippen molar-refractivity contribution in [1.82, 2.24) is 10.1 Å². The van der Waals surface area contributed by atoms with Crippen molar-refractivity contribution in [3.8, 4) is 28.6 Å². The zero-order chi connectivity index (χ0) is 20.2. The summed E-state index contributed by atoms with van der Waals surface area (Å²) in [7, 11) is 1.59. The van der Waals surface area contributed by atoms with Gasteiger partial charge in [0.15, 0.2) is 0 Å². The van der Waals surface area contributed by atoms with Crippen molar-refractivity contribution in [2.24, 2.45) is 0 Å². The molecular formula is C22H16ClN3O3. The smallest absolute Gasteiger partial charge is 0.258 e. The zero-order valence-electron chi connectivity index (χ0n) is 15.4. The van der Waals surface area contributed by atoms with Crippen molar-refractivity contribution >= 4 is 23.2 Å². The average Bonchev–Trinajstić information content (AvgIpc) is 3.24. The van der Waals surface area contributed by atoms with Gasteiger partial charge in [-0.3, -0.25) is 4.79 Å². The van der Waals surface area contributed by atoms with E-state index in [2.05, 4.69) is 15.5 Å². The SMILES string of the molecule is COc1ccccc1-c1noc(-c2ccc(NC(=O)c3ccccc3Cl)cc2)n1. The monoisotopic (exact) mass is 405 g/mol. The molecule has 0 radical (unpaired) electrons. The number of carbonyl (C=O) groups excluding carboxylic acids is 1. The maximum Gasteiger partial charge on any atom is 0.258 e. The Morgan fingerprint density at radius 2 is 1.72 bits per heavy atom. The van der Waals surface area contributed by atoms with E-state index in [0.717, 1.165) is 11.1 Å². The zero-order valence-corrected chi connectivity index (χ0v) is 16.2. The lowest BCUT2D eigenvalue weighted by molar-refractivity contribution is 0.102. The first-order chi connectivity index (χ1) is 14.2. The van der Waals surface area contributed by atoms with Gasteiger partial charge in [-0.05, 0) is 48.5 Å². The van der Waals surface area contributed by atoms with Crippen LogP contribution in [0.2, 0.25) is 5.02 Å². The number of para-hydroxylation sites is 1. The number of hydrogen-bond acceptors (Lipinski definition) is 5. The largest absolute Gasteiger partial charge is 0.496 e. The summed E-state index contributed by atoms with van der Waals surface area (Å²) in [6, 6.07) is 21.4. The lowest BCUT2D eigenvalue weighted by atomic mass is 10.1. The summed E-state index contributed by atoms with van der Waals surface area (Å²) in [6.45, 7) is 0. The Morgan fingerprint density at radius 1 is 1.00 bits per heavy atom. The molecule has 1 amide bonds. The summed E-state index contributed by atoms with van der Waals surface area (Å²) in [5.41, 5.74) is 2.52. The van der Waals surface area contributed by atoms with Crippen LogP contribution in [-0.4, -0.2) is 23.2 Å². The van der Waals surface area contributed by atoms with Gasteiger partial charge in [0.25, 0.3) is 11.8 Å². The van der Waals surface area contributed by atoms with E-state index < -0.39 is 0 Å². The highest BCUT2D eigenvalue weighted by Crippen LogP contribution is 2.29. The van der Waals surface area contributed by atoms with E-state index in [1.165, 1.54) is 0 Å². The van der Waals surface area contributed by atoms with Crippen molar-refractivity contribution < 1.29 is 14.1 Å². The highest BCUT2D eigenvalue weighted by atomic mass is 35.5. The number of carbonyl (C=O) groups is 1. The minimum atomic E-state index is -0.278. The van der Waals surface area contributed by atoms with Gasteiger partial charge in [0.05, 0.1) is 23.3 Å². The van der Waals surface area contributed by atoms with Crippen LogP contribution in [0.4, 0.5) is 5.69 Å². The van der Waals surface area contributed by atoms with Crippen LogP contribution in [0, 0.1) is 0 Å². The first-order valence-electron chi connectivity index (χ1n) is 8.79. The second-order valence-electron chi connectivity index (χ2n) is 6.13. The van der Waals surface area contributed by atoms with Crippen LogP contribution >= 0.6 is 11.6 Å². The van der Waals surface area contributed by atoms with Crippen molar-refractivity contribution in [2.45, 2.75) is 0 Å². The number of nitrogens with zero attached hydrogens (tertiary/aromatic N) is 2. The topological polar surface area (TPSA) is 77.3 Å². The number of amides is 1. The maximum atomic E-state index is 12.4. The van der Waals surface area contributed by atoms with Gasteiger partial charge >= 0.3 is 0 Å². The molecule has 3 aromatic carbocycles. The van der Waals surface area contributed by atoms with Gasteiger partial charge in [0.2, 0.25) is 5.82 Å². The number of ether oxygens (including phenoxy) is 1. The van der Waals surface area contributed by atoms with Crippen LogP contribution < -0.4 is 10.1 Å². The Bertz CT molecular complexity index is 1160. The Morgan fingerprint density at radius 3 is 2.48 bits per heavy atom. The number of benzene rings is 3. The standard InChI is InChI=1S/C22H16ClN3O3/c1-28-19-9-5-3-7-17(19)20-25-22(29-26-20)14-10-12-15(13-11-14)24-21(27)16-6-2-4-8-18(16)23/h2-13H,1H3,(H,24,27). The number of hydrogen-bond donors (Lipinski definition) is 1. The molecule has 4 rings (SSSR count). The first-order valence-corrected chi connectivity index (χ1v) is 9.17. The van der Waals surface area contributed by atoms with E-state index in [0.29, 0.717) is 33.7 Å². The molecule has 0 atom stereocenters. The van der Waals surface area contributed by atoms with Crippen LogP contribution in [0.15, 0.2) is 77.3 Å². The van der Waals surface area contributed by atoms with Crippen LogP contribution in [0.5, 0.6) is 5.75 Å². The molecular weight excluding hydrogens is 390 g/mol. The predicted molar refractivity (Wildman–Crippen MR) is 111 cm³/mol. The molecule has 0 aliphatic heterocycles. The third-order valence-electron chi connectivity index (χ3n) is 4.28. The van der Waals surface area contributed by atoms with Crippen LogP contribution in [-0.2, 0) is 0 Å². The van der Waals surface area contributed by atoms with Crippen molar-refractivity contribution in [3.63, 3.8) is 0 Å². The second kappa shape index (κ2) is 8.16. The minimum Gasteiger partial charge on any atom is -0.496 e. The molecule has 0 unspecified atom stereocenters.